The number of nitrogens with one attached hydrogen (secondary N) is 2. The molecule has 1 aromatic rings. The first kappa shape index (κ1) is 19.2. The lowest BCUT2D eigenvalue weighted by Crippen LogP contribution is -2.48. The van der Waals surface area contributed by atoms with Crippen LogP contribution in [-0.4, -0.2) is 68.6 Å². The Kier molecular flexibility index (Phi) is 7.21. The molecule has 7 heteroatoms. The van der Waals surface area contributed by atoms with E-state index in [1.54, 1.807) is 7.11 Å². The molecule has 0 aromatic heterocycles. The first-order valence-electron chi connectivity index (χ1n) is 8.66. The zero-order valence-electron chi connectivity index (χ0n) is 15.2. The van der Waals surface area contributed by atoms with E-state index in [-0.39, 0.29) is 11.9 Å². The van der Waals surface area contributed by atoms with Gasteiger partial charge in [-0.1, -0.05) is 18.2 Å². The van der Waals surface area contributed by atoms with Gasteiger partial charge in [0.15, 0.2) is 0 Å². The van der Waals surface area contributed by atoms with Crippen LogP contribution in [0.25, 0.3) is 0 Å². The van der Waals surface area contributed by atoms with Gasteiger partial charge in [-0.05, 0) is 13.0 Å². The van der Waals surface area contributed by atoms with Gasteiger partial charge in [-0.2, -0.15) is 0 Å². The number of nitrogens with zero attached hydrogens (tertiary/aromatic N) is 2. The summed E-state index contributed by atoms with van der Waals surface area (Å²) in [5, 5.41) is 4.67. The van der Waals surface area contributed by atoms with Gasteiger partial charge >= 0.3 is 6.03 Å². The van der Waals surface area contributed by atoms with Crippen molar-refractivity contribution in [3.63, 3.8) is 0 Å². The Hall–Kier alpha value is -2.12. The highest BCUT2D eigenvalue weighted by molar-refractivity contribution is 5.94. The van der Waals surface area contributed by atoms with E-state index < -0.39 is 6.03 Å². The number of hydrogen-bond donors (Lipinski definition) is 2. The molecule has 1 aliphatic rings. The summed E-state index contributed by atoms with van der Waals surface area (Å²) in [6.07, 6.45) is 0.329. The number of carbonyl (C=O) groups is 2. The Bertz CT molecular complexity index is 585. The normalized spacial score (nSPS) is 16.9. The first-order valence-corrected chi connectivity index (χ1v) is 8.66. The maximum Gasteiger partial charge on any atom is 0.321 e. The molecule has 1 fully saturated rings. The van der Waals surface area contributed by atoms with E-state index in [1.165, 1.54) is 12.6 Å². The second-order valence-corrected chi connectivity index (χ2v) is 6.17. The number of amides is 3. The molecule has 7 nitrogen and oxygen atoms in total. The minimum atomic E-state index is -0.458. The number of urea groups is 1. The Morgan fingerprint density at radius 1 is 1.20 bits per heavy atom. The summed E-state index contributed by atoms with van der Waals surface area (Å²) >= 11 is 0. The van der Waals surface area contributed by atoms with Crippen LogP contribution in [0.1, 0.15) is 24.9 Å². The average molecular weight is 348 g/mol. The van der Waals surface area contributed by atoms with Crippen LogP contribution in [0.15, 0.2) is 24.3 Å². The number of ether oxygens (including phenoxy) is 1. The van der Waals surface area contributed by atoms with E-state index in [0.29, 0.717) is 13.0 Å². The lowest BCUT2D eigenvalue weighted by atomic mass is 10.0. The van der Waals surface area contributed by atoms with Crippen molar-refractivity contribution in [3.8, 4) is 5.75 Å². The number of rotatable bonds is 6. The highest BCUT2D eigenvalue weighted by Crippen LogP contribution is 2.29. The van der Waals surface area contributed by atoms with Crippen LogP contribution in [0.2, 0.25) is 0 Å². The molecule has 0 radical (unpaired) electrons. The van der Waals surface area contributed by atoms with Crippen LogP contribution in [-0.2, 0) is 4.79 Å². The molecule has 0 spiro atoms. The molecule has 2 rings (SSSR count). The molecule has 0 aliphatic carbocycles. The van der Waals surface area contributed by atoms with Crippen molar-refractivity contribution < 1.29 is 14.3 Å². The molecule has 0 bridgehead atoms. The van der Waals surface area contributed by atoms with Gasteiger partial charge in [-0.3, -0.25) is 15.0 Å². The third kappa shape index (κ3) is 5.44. The molecule has 3 amide bonds. The molecule has 1 saturated heterocycles. The predicted molar refractivity (Wildman–Crippen MR) is 96.6 cm³/mol. The van der Waals surface area contributed by atoms with E-state index >= 15 is 0 Å². The van der Waals surface area contributed by atoms with E-state index in [1.807, 2.05) is 18.2 Å². The van der Waals surface area contributed by atoms with Crippen molar-refractivity contribution in [2.45, 2.75) is 19.4 Å². The van der Waals surface area contributed by atoms with E-state index in [0.717, 1.165) is 31.9 Å². The highest BCUT2D eigenvalue weighted by atomic mass is 16.5. The van der Waals surface area contributed by atoms with Crippen LogP contribution in [0.5, 0.6) is 5.75 Å². The van der Waals surface area contributed by atoms with Crippen LogP contribution in [0.3, 0.4) is 0 Å². The fraction of sp³-hybridized carbons (Fsp3) is 0.556. The van der Waals surface area contributed by atoms with Gasteiger partial charge in [-0.15, -0.1) is 0 Å². The Labute approximate surface area is 149 Å². The average Bonchev–Trinajstić information content (AvgIpc) is 2.66. The fourth-order valence-corrected chi connectivity index (χ4v) is 3.09. The van der Waals surface area contributed by atoms with Crippen LogP contribution >= 0.6 is 0 Å². The second-order valence-electron chi connectivity index (χ2n) is 6.17. The quantitative estimate of drug-likeness (QED) is 0.809. The summed E-state index contributed by atoms with van der Waals surface area (Å²) in [5.41, 5.74) is 1.20. The number of methoxy groups -OCH3 is 1. The largest absolute Gasteiger partial charge is 0.496 e. The summed E-state index contributed by atoms with van der Waals surface area (Å²) in [4.78, 5) is 27.5. The van der Waals surface area contributed by atoms with Crippen molar-refractivity contribution in [2.24, 2.45) is 0 Å². The topological polar surface area (TPSA) is 73.9 Å². The number of para-hydroxylation sites is 1. The molecule has 0 saturated carbocycles. The first-order chi connectivity index (χ1) is 12.0. The molecule has 1 heterocycles. The number of imide groups is 1. The van der Waals surface area contributed by atoms with E-state index in [9.17, 15) is 9.59 Å². The maximum absolute atomic E-state index is 11.7. The smallest absolute Gasteiger partial charge is 0.321 e. The second kappa shape index (κ2) is 9.39. The fourth-order valence-electron chi connectivity index (χ4n) is 3.09. The minimum absolute atomic E-state index is 0.246. The molecule has 25 heavy (non-hydrogen) atoms. The van der Waals surface area contributed by atoms with Gasteiger partial charge in [0.05, 0.1) is 7.11 Å². The zero-order valence-corrected chi connectivity index (χ0v) is 15.2. The SMILES string of the molecule is CNC(=O)NC(=O)CCN1CCN([C@H](C)c2ccccc2OC)CC1. The third-order valence-corrected chi connectivity index (χ3v) is 4.68. The summed E-state index contributed by atoms with van der Waals surface area (Å²) < 4.78 is 5.47. The van der Waals surface area contributed by atoms with Crippen LogP contribution in [0, 0.1) is 0 Å². The van der Waals surface area contributed by atoms with Crippen molar-refractivity contribution in [1.29, 1.82) is 0 Å². The summed E-state index contributed by atoms with van der Waals surface area (Å²) in [6, 6.07) is 7.95. The Balaban J connectivity index is 1.79. The lowest BCUT2D eigenvalue weighted by molar-refractivity contribution is -0.120. The third-order valence-electron chi connectivity index (χ3n) is 4.68. The summed E-state index contributed by atoms with van der Waals surface area (Å²) in [7, 11) is 3.19. The predicted octanol–water partition coefficient (Wildman–Crippen LogP) is 1.22. The molecule has 138 valence electrons. The molecule has 0 unspecified atom stereocenters. The summed E-state index contributed by atoms with van der Waals surface area (Å²) in [6.45, 7) is 6.57. The van der Waals surface area contributed by atoms with E-state index in [2.05, 4.69) is 33.4 Å². The van der Waals surface area contributed by atoms with Gasteiger partial charge in [-0.25, -0.2) is 4.79 Å². The van der Waals surface area contributed by atoms with E-state index in [4.69, 9.17) is 4.74 Å². The van der Waals surface area contributed by atoms with Gasteiger partial charge in [0, 0.05) is 57.8 Å². The van der Waals surface area contributed by atoms with Gasteiger partial charge in [0.2, 0.25) is 5.91 Å². The maximum atomic E-state index is 11.7. The molecule has 2 N–H and O–H groups in total. The number of piperazine rings is 1. The van der Waals surface area contributed by atoms with Crippen LogP contribution in [0.4, 0.5) is 4.79 Å². The molecule has 1 aliphatic heterocycles. The number of carbonyl (C=O) groups excluding carboxylic acids is 2. The zero-order chi connectivity index (χ0) is 18.2. The monoisotopic (exact) mass is 348 g/mol. The summed E-state index contributed by atoms with van der Waals surface area (Å²) in [5.74, 6) is 0.674. The molecular formula is C18H28N4O3. The highest BCUT2D eigenvalue weighted by Gasteiger charge is 2.24. The van der Waals surface area contributed by atoms with Crippen LogP contribution < -0.4 is 15.4 Å². The van der Waals surface area contributed by atoms with Crippen molar-refractivity contribution in [2.75, 3.05) is 46.9 Å². The molecular weight excluding hydrogens is 320 g/mol. The van der Waals surface area contributed by atoms with Gasteiger partial charge in [0.25, 0.3) is 0 Å². The van der Waals surface area contributed by atoms with Crippen molar-refractivity contribution >= 4 is 11.9 Å². The molecule has 1 aromatic carbocycles. The Morgan fingerprint density at radius 2 is 1.88 bits per heavy atom. The van der Waals surface area contributed by atoms with Crippen molar-refractivity contribution in [1.82, 2.24) is 20.4 Å². The molecule has 1 atom stereocenters. The number of hydrogen-bond acceptors (Lipinski definition) is 5. The van der Waals surface area contributed by atoms with Gasteiger partial charge in [0.1, 0.15) is 5.75 Å². The standard InChI is InChI=1S/C18H28N4O3/c1-14(15-6-4-5-7-16(15)25-3)22-12-10-21(11-13-22)9-8-17(23)20-18(24)19-2/h4-7,14H,8-13H2,1-3H3,(H2,19,20,23,24)/t14-/m1/s1. The minimum Gasteiger partial charge on any atom is -0.496 e. The van der Waals surface area contributed by atoms with Crippen molar-refractivity contribution in [3.05, 3.63) is 29.8 Å². The lowest BCUT2D eigenvalue weighted by Gasteiger charge is -2.38. The number of benzene rings is 1. The Morgan fingerprint density at radius 3 is 2.52 bits per heavy atom. The van der Waals surface area contributed by atoms with Gasteiger partial charge < -0.3 is 15.0 Å².